The Balaban J connectivity index is 2.26. The number of anilines is 1. The predicted molar refractivity (Wildman–Crippen MR) is 63.1 cm³/mol. The zero-order chi connectivity index (χ0) is 11.5. The van der Waals surface area contributed by atoms with Gasteiger partial charge in [0.25, 0.3) is 0 Å². The van der Waals surface area contributed by atoms with Crippen LogP contribution in [0.5, 0.6) is 0 Å². The first-order chi connectivity index (χ1) is 7.70. The largest absolute Gasteiger partial charge is 0.302 e. The molecule has 16 heavy (non-hydrogen) atoms. The number of amides is 1. The van der Waals surface area contributed by atoms with Crippen molar-refractivity contribution in [3.05, 3.63) is 24.0 Å². The molecule has 0 bridgehead atoms. The Labute approximate surface area is 96.3 Å². The molecule has 1 amide bonds. The van der Waals surface area contributed by atoms with E-state index in [9.17, 15) is 9.18 Å². The second-order valence-electron chi connectivity index (χ2n) is 3.40. The van der Waals surface area contributed by atoms with Crippen LogP contribution in [0.15, 0.2) is 18.2 Å². The first kappa shape index (κ1) is 11.0. The molecule has 3 nitrogen and oxygen atoms in total. The fourth-order valence-electron chi connectivity index (χ4n) is 1.38. The topological polar surface area (TPSA) is 42.0 Å². The Bertz CT molecular complexity index is 524. The summed E-state index contributed by atoms with van der Waals surface area (Å²) in [4.78, 5) is 15.4. The van der Waals surface area contributed by atoms with Gasteiger partial charge in [0.2, 0.25) is 5.91 Å². The van der Waals surface area contributed by atoms with Crippen LogP contribution in [0.2, 0.25) is 0 Å². The number of rotatable bonds is 3. The average Bonchev–Trinajstić information content (AvgIpc) is 2.62. The average molecular weight is 238 g/mol. The monoisotopic (exact) mass is 238 g/mol. The van der Waals surface area contributed by atoms with E-state index in [-0.39, 0.29) is 11.7 Å². The van der Waals surface area contributed by atoms with Crippen LogP contribution < -0.4 is 5.32 Å². The van der Waals surface area contributed by atoms with E-state index in [1.165, 1.54) is 17.4 Å². The molecule has 0 unspecified atom stereocenters. The summed E-state index contributed by atoms with van der Waals surface area (Å²) in [5.41, 5.74) is 0.319. The van der Waals surface area contributed by atoms with E-state index < -0.39 is 0 Å². The molecular formula is C11H11FN2OS. The van der Waals surface area contributed by atoms with Gasteiger partial charge in [-0.25, -0.2) is 9.37 Å². The molecule has 0 radical (unpaired) electrons. The first-order valence-electron chi connectivity index (χ1n) is 5.05. The summed E-state index contributed by atoms with van der Waals surface area (Å²) in [5.74, 6) is -0.438. The van der Waals surface area contributed by atoms with Gasteiger partial charge in [0.15, 0.2) is 5.13 Å². The Morgan fingerprint density at radius 1 is 1.56 bits per heavy atom. The minimum Gasteiger partial charge on any atom is -0.302 e. The molecule has 1 heterocycles. The highest BCUT2D eigenvalue weighted by atomic mass is 32.1. The maximum atomic E-state index is 13.3. The van der Waals surface area contributed by atoms with Gasteiger partial charge < -0.3 is 5.32 Å². The quantitative estimate of drug-likeness (QED) is 0.892. The molecule has 1 N–H and O–H groups in total. The molecule has 1 aromatic carbocycles. The second-order valence-corrected chi connectivity index (χ2v) is 4.43. The van der Waals surface area contributed by atoms with Gasteiger partial charge in [0.1, 0.15) is 11.3 Å². The maximum Gasteiger partial charge on any atom is 0.226 e. The van der Waals surface area contributed by atoms with Gasteiger partial charge in [-0.3, -0.25) is 4.79 Å². The molecule has 0 aliphatic heterocycles. The third-order valence-corrected chi connectivity index (χ3v) is 3.03. The predicted octanol–water partition coefficient (Wildman–Crippen LogP) is 3.17. The van der Waals surface area contributed by atoms with E-state index in [2.05, 4.69) is 10.3 Å². The van der Waals surface area contributed by atoms with Crippen molar-refractivity contribution in [3.8, 4) is 0 Å². The van der Waals surface area contributed by atoms with E-state index >= 15 is 0 Å². The van der Waals surface area contributed by atoms with E-state index in [0.29, 0.717) is 17.1 Å². The van der Waals surface area contributed by atoms with E-state index in [1.54, 1.807) is 12.1 Å². The number of hydrogen-bond acceptors (Lipinski definition) is 3. The van der Waals surface area contributed by atoms with Gasteiger partial charge in [0, 0.05) is 6.42 Å². The minimum absolute atomic E-state index is 0.0815. The van der Waals surface area contributed by atoms with Crippen LogP contribution in [0.1, 0.15) is 19.8 Å². The van der Waals surface area contributed by atoms with Crippen molar-refractivity contribution in [3.63, 3.8) is 0 Å². The number of carbonyl (C=O) groups excluding carboxylic acids is 1. The molecule has 0 fully saturated rings. The lowest BCUT2D eigenvalue weighted by Gasteiger charge is -1.97. The molecule has 0 saturated heterocycles. The molecule has 1 aromatic heterocycles. The van der Waals surface area contributed by atoms with Crippen LogP contribution in [0.25, 0.3) is 10.2 Å². The smallest absolute Gasteiger partial charge is 0.226 e. The lowest BCUT2D eigenvalue weighted by atomic mass is 10.3. The SMILES string of the molecule is CCCC(=O)Nc1nc2c(F)cccc2s1. The Hall–Kier alpha value is -1.49. The molecule has 84 valence electrons. The summed E-state index contributed by atoms with van der Waals surface area (Å²) < 4.78 is 14.1. The molecule has 5 heteroatoms. The number of nitrogens with zero attached hydrogens (tertiary/aromatic N) is 1. The van der Waals surface area contributed by atoms with Gasteiger partial charge in [-0.05, 0) is 18.6 Å². The van der Waals surface area contributed by atoms with E-state index in [0.717, 1.165) is 11.1 Å². The fraction of sp³-hybridized carbons (Fsp3) is 0.273. The van der Waals surface area contributed by atoms with Crippen molar-refractivity contribution in [2.75, 3.05) is 5.32 Å². The number of benzene rings is 1. The van der Waals surface area contributed by atoms with Crippen LogP contribution in [0.4, 0.5) is 9.52 Å². The summed E-state index contributed by atoms with van der Waals surface area (Å²) in [5, 5.41) is 3.12. The van der Waals surface area contributed by atoms with Crippen molar-refractivity contribution in [1.82, 2.24) is 4.98 Å². The number of aromatic nitrogens is 1. The number of thiazole rings is 1. The van der Waals surface area contributed by atoms with Crippen LogP contribution in [0, 0.1) is 5.82 Å². The molecule has 0 saturated carbocycles. The van der Waals surface area contributed by atoms with Crippen molar-refractivity contribution in [2.24, 2.45) is 0 Å². The van der Waals surface area contributed by atoms with E-state index in [4.69, 9.17) is 0 Å². The van der Waals surface area contributed by atoms with Crippen molar-refractivity contribution in [1.29, 1.82) is 0 Å². The summed E-state index contributed by atoms with van der Waals surface area (Å²) in [7, 11) is 0. The summed E-state index contributed by atoms with van der Waals surface area (Å²) >= 11 is 1.28. The molecule has 2 aromatic rings. The number of fused-ring (bicyclic) bond motifs is 1. The highest BCUT2D eigenvalue weighted by molar-refractivity contribution is 7.22. The Kier molecular flexibility index (Phi) is 3.14. The van der Waals surface area contributed by atoms with Gasteiger partial charge in [0.05, 0.1) is 4.70 Å². The second kappa shape index (κ2) is 4.57. The van der Waals surface area contributed by atoms with Gasteiger partial charge in [-0.2, -0.15) is 0 Å². The molecule has 0 atom stereocenters. The molecule has 2 rings (SSSR count). The fourth-order valence-corrected chi connectivity index (χ4v) is 2.27. The lowest BCUT2D eigenvalue weighted by molar-refractivity contribution is -0.116. The molecule has 0 aliphatic carbocycles. The lowest BCUT2D eigenvalue weighted by Crippen LogP contribution is -2.10. The molecule has 0 aliphatic rings. The normalized spacial score (nSPS) is 10.6. The first-order valence-corrected chi connectivity index (χ1v) is 5.87. The Morgan fingerprint density at radius 3 is 3.06 bits per heavy atom. The van der Waals surface area contributed by atoms with Crippen LogP contribution in [0.3, 0.4) is 0 Å². The van der Waals surface area contributed by atoms with Gasteiger partial charge >= 0.3 is 0 Å². The number of halogens is 1. The summed E-state index contributed by atoms with van der Waals surface area (Å²) in [6.07, 6.45) is 1.24. The van der Waals surface area contributed by atoms with Crippen LogP contribution in [-0.2, 0) is 4.79 Å². The minimum atomic E-state index is -0.357. The third-order valence-electron chi connectivity index (χ3n) is 2.09. The zero-order valence-corrected chi connectivity index (χ0v) is 9.60. The standard InChI is InChI=1S/C11H11FN2OS/c1-2-4-9(15)13-11-14-10-7(12)5-3-6-8(10)16-11/h3,5-6H,2,4H2,1H3,(H,13,14,15). The van der Waals surface area contributed by atoms with Crippen LogP contribution in [-0.4, -0.2) is 10.9 Å². The third kappa shape index (κ3) is 2.19. The van der Waals surface area contributed by atoms with Crippen molar-refractivity contribution in [2.45, 2.75) is 19.8 Å². The maximum absolute atomic E-state index is 13.3. The molecular weight excluding hydrogens is 227 g/mol. The zero-order valence-electron chi connectivity index (χ0n) is 8.79. The number of hydrogen-bond donors (Lipinski definition) is 1. The van der Waals surface area contributed by atoms with Crippen LogP contribution >= 0.6 is 11.3 Å². The number of nitrogens with one attached hydrogen (secondary N) is 1. The van der Waals surface area contributed by atoms with Gasteiger partial charge in [-0.1, -0.05) is 24.3 Å². The Morgan fingerprint density at radius 2 is 2.38 bits per heavy atom. The van der Waals surface area contributed by atoms with E-state index in [1.807, 2.05) is 6.92 Å². The van der Waals surface area contributed by atoms with Crippen molar-refractivity contribution >= 4 is 32.6 Å². The summed E-state index contributed by atoms with van der Waals surface area (Å²) in [6, 6.07) is 4.78. The molecule has 0 spiro atoms. The van der Waals surface area contributed by atoms with Gasteiger partial charge in [-0.15, -0.1) is 0 Å². The highest BCUT2D eigenvalue weighted by Gasteiger charge is 2.09. The van der Waals surface area contributed by atoms with Crippen molar-refractivity contribution < 1.29 is 9.18 Å². The summed E-state index contributed by atoms with van der Waals surface area (Å²) in [6.45, 7) is 1.93. The number of para-hydroxylation sites is 1. The number of carbonyl (C=O) groups is 1. The highest BCUT2D eigenvalue weighted by Crippen LogP contribution is 2.27.